The maximum atomic E-state index is 10.8. The van der Waals surface area contributed by atoms with Crippen LogP contribution < -0.4 is 4.90 Å². The predicted octanol–water partition coefficient (Wildman–Crippen LogP) is 2.05. The van der Waals surface area contributed by atoms with E-state index >= 15 is 0 Å². The predicted molar refractivity (Wildman–Crippen MR) is 73.9 cm³/mol. The molecule has 0 bridgehead atoms. The van der Waals surface area contributed by atoms with Crippen molar-refractivity contribution in [2.75, 3.05) is 18.0 Å². The molecule has 0 aliphatic rings. The number of nitro benzene ring substituents is 1. The Labute approximate surface area is 114 Å². The Morgan fingerprint density at radius 1 is 1.40 bits per heavy atom. The van der Waals surface area contributed by atoms with Crippen molar-refractivity contribution in [3.05, 3.63) is 40.4 Å². The van der Waals surface area contributed by atoms with E-state index in [0.717, 1.165) is 0 Å². The van der Waals surface area contributed by atoms with E-state index in [1.54, 1.807) is 23.1 Å². The third-order valence-electron chi connectivity index (χ3n) is 2.90. The summed E-state index contributed by atoms with van der Waals surface area (Å²) in [5.74, 6) is -0.395. The van der Waals surface area contributed by atoms with Crippen LogP contribution in [0.2, 0.25) is 0 Å². The number of carboxylic acids is 1. The highest BCUT2D eigenvalue weighted by Gasteiger charge is 2.12. The first-order chi connectivity index (χ1) is 9.51. The first-order valence-corrected chi connectivity index (χ1v) is 6.03. The van der Waals surface area contributed by atoms with Crippen molar-refractivity contribution in [2.45, 2.75) is 6.92 Å². The fourth-order valence-electron chi connectivity index (χ4n) is 1.91. The Kier molecular flexibility index (Phi) is 3.79. The van der Waals surface area contributed by atoms with Crippen LogP contribution in [0.4, 0.5) is 11.5 Å². The molecule has 0 spiro atoms. The number of nitrogens with zero attached hydrogens (tertiary/aromatic N) is 3. The molecular formula is C13H13N3O4. The highest BCUT2D eigenvalue weighted by molar-refractivity contribution is 5.83. The summed E-state index contributed by atoms with van der Waals surface area (Å²) in [5.41, 5.74) is 0.599. The van der Waals surface area contributed by atoms with Gasteiger partial charge in [0, 0.05) is 24.1 Å². The summed E-state index contributed by atoms with van der Waals surface area (Å²) < 4.78 is 0. The molecule has 0 fully saturated rings. The van der Waals surface area contributed by atoms with Gasteiger partial charge in [-0.2, -0.15) is 0 Å². The highest BCUT2D eigenvalue weighted by atomic mass is 16.6. The van der Waals surface area contributed by atoms with E-state index in [0.29, 0.717) is 23.3 Å². The molecule has 0 saturated heterocycles. The Balaban J connectivity index is 2.40. The number of non-ortho nitro benzene ring substituents is 1. The van der Waals surface area contributed by atoms with E-state index in [-0.39, 0.29) is 12.2 Å². The number of aromatic nitrogens is 1. The van der Waals surface area contributed by atoms with Crippen molar-refractivity contribution in [1.29, 1.82) is 0 Å². The van der Waals surface area contributed by atoms with Gasteiger partial charge in [0.05, 0.1) is 10.4 Å². The van der Waals surface area contributed by atoms with Crippen LogP contribution in [0, 0.1) is 10.1 Å². The zero-order chi connectivity index (χ0) is 14.7. The number of carbonyl (C=O) groups is 1. The lowest BCUT2D eigenvalue weighted by Crippen LogP contribution is -2.29. The van der Waals surface area contributed by atoms with Crippen LogP contribution in [-0.4, -0.2) is 34.1 Å². The van der Waals surface area contributed by atoms with Crippen molar-refractivity contribution < 1.29 is 14.8 Å². The second kappa shape index (κ2) is 5.52. The molecule has 20 heavy (non-hydrogen) atoms. The largest absolute Gasteiger partial charge is 0.480 e. The van der Waals surface area contributed by atoms with Crippen LogP contribution in [-0.2, 0) is 4.79 Å². The molecule has 1 N–H and O–H groups in total. The second-order valence-electron chi connectivity index (χ2n) is 4.21. The number of hydrogen-bond acceptors (Lipinski definition) is 5. The topological polar surface area (TPSA) is 96.6 Å². The summed E-state index contributed by atoms with van der Waals surface area (Å²) >= 11 is 0. The molecule has 7 nitrogen and oxygen atoms in total. The lowest BCUT2D eigenvalue weighted by molar-refractivity contribution is -0.384. The number of benzene rings is 1. The van der Waals surface area contributed by atoms with Gasteiger partial charge in [-0.3, -0.25) is 14.9 Å². The normalized spacial score (nSPS) is 10.4. The van der Waals surface area contributed by atoms with Crippen LogP contribution in [0.1, 0.15) is 6.92 Å². The Morgan fingerprint density at radius 2 is 2.15 bits per heavy atom. The maximum Gasteiger partial charge on any atom is 0.323 e. The van der Waals surface area contributed by atoms with E-state index in [9.17, 15) is 14.9 Å². The second-order valence-corrected chi connectivity index (χ2v) is 4.21. The van der Waals surface area contributed by atoms with Crippen molar-refractivity contribution >= 4 is 28.4 Å². The molecule has 1 heterocycles. The molecule has 0 amide bonds. The standard InChI is InChI=1S/C13H13N3O4/c1-2-15(8-13(17)18)12-6-3-9-7-10(16(19)20)4-5-11(9)14-12/h3-7H,2,8H2,1H3,(H,17,18). The zero-order valence-corrected chi connectivity index (χ0v) is 10.8. The number of aliphatic carboxylic acids is 1. The van der Waals surface area contributed by atoms with Crippen molar-refractivity contribution in [3.8, 4) is 0 Å². The van der Waals surface area contributed by atoms with Gasteiger partial charge in [0.25, 0.3) is 5.69 Å². The highest BCUT2D eigenvalue weighted by Crippen LogP contribution is 2.22. The third-order valence-corrected chi connectivity index (χ3v) is 2.90. The van der Waals surface area contributed by atoms with E-state index in [2.05, 4.69) is 4.98 Å². The summed E-state index contributed by atoms with van der Waals surface area (Å²) in [4.78, 5) is 27.0. The molecule has 104 valence electrons. The van der Waals surface area contributed by atoms with E-state index in [4.69, 9.17) is 5.11 Å². The van der Waals surface area contributed by atoms with Gasteiger partial charge in [0.1, 0.15) is 12.4 Å². The summed E-state index contributed by atoms with van der Waals surface area (Å²) in [7, 11) is 0. The van der Waals surface area contributed by atoms with Gasteiger partial charge in [0.15, 0.2) is 0 Å². The SMILES string of the molecule is CCN(CC(=O)O)c1ccc2cc([N+](=O)[O-])ccc2n1. The Morgan fingerprint density at radius 3 is 2.75 bits per heavy atom. The molecule has 2 rings (SSSR count). The Bertz CT molecular complexity index is 672. The smallest absolute Gasteiger partial charge is 0.323 e. The number of anilines is 1. The van der Waals surface area contributed by atoms with Crippen LogP contribution in [0.25, 0.3) is 10.9 Å². The lowest BCUT2D eigenvalue weighted by atomic mass is 10.2. The van der Waals surface area contributed by atoms with Gasteiger partial charge in [-0.05, 0) is 25.1 Å². The van der Waals surface area contributed by atoms with Gasteiger partial charge < -0.3 is 10.0 Å². The van der Waals surface area contributed by atoms with Gasteiger partial charge >= 0.3 is 5.97 Å². The van der Waals surface area contributed by atoms with Gasteiger partial charge in [-0.1, -0.05) is 0 Å². The quantitative estimate of drug-likeness (QED) is 0.662. The van der Waals surface area contributed by atoms with Crippen molar-refractivity contribution in [3.63, 3.8) is 0 Å². The van der Waals surface area contributed by atoms with Gasteiger partial charge in [0.2, 0.25) is 0 Å². The van der Waals surface area contributed by atoms with Crippen LogP contribution >= 0.6 is 0 Å². The van der Waals surface area contributed by atoms with Gasteiger partial charge in [-0.15, -0.1) is 0 Å². The van der Waals surface area contributed by atoms with Crippen molar-refractivity contribution in [1.82, 2.24) is 4.98 Å². The monoisotopic (exact) mass is 275 g/mol. The molecule has 0 unspecified atom stereocenters. The molecule has 0 aliphatic carbocycles. The fraction of sp³-hybridized carbons (Fsp3) is 0.231. The number of rotatable bonds is 5. The summed E-state index contributed by atoms with van der Waals surface area (Å²) in [6.45, 7) is 2.21. The van der Waals surface area contributed by atoms with Crippen LogP contribution in [0.5, 0.6) is 0 Å². The molecule has 0 atom stereocenters. The van der Waals surface area contributed by atoms with E-state index < -0.39 is 10.9 Å². The first kappa shape index (κ1) is 13.7. The molecule has 0 radical (unpaired) electrons. The number of likely N-dealkylation sites (N-methyl/N-ethyl adjacent to an activating group) is 1. The van der Waals surface area contributed by atoms with Crippen LogP contribution in [0.15, 0.2) is 30.3 Å². The van der Waals surface area contributed by atoms with Gasteiger partial charge in [-0.25, -0.2) is 4.98 Å². The summed E-state index contributed by atoms with van der Waals surface area (Å²) in [6, 6.07) is 7.76. The molecule has 0 saturated carbocycles. The minimum atomic E-state index is -0.933. The van der Waals surface area contributed by atoms with Crippen LogP contribution in [0.3, 0.4) is 0 Å². The molecular weight excluding hydrogens is 262 g/mol. The minimum absolute atomic E-state index is 0.00457. The average molecular weight is 275 g/mol. The molecule has 2 aromatic rings. The molecule has 1 aromatic carbocycles. The Hall–Kier alpha value is -2.70. The number of nitro groups is 1. The molecule has 1 aromatic heterocycles. The van der Waals surface area contributed by atoms with Crippen molar-refractivity contribution in [2.24, 2.45) is 0 Å². The number of pyridine rings is 1. The third kappa shape index (κ3) is 2.82. The average Bonchev–Trinajstić information content (AvgIpc) is 2.43. The summed E-state index contributed by atoms with van der Waals surface area (Å²) in [6.07, 6.45) is 0. The lowest BCUT2D eigenvalue weighted by Gasteiger charge is -2.19. The maximum absolute atomic E-state index is 10.8. The summed E-state index contributed by atoms with van der Waals surface area (Å²) in [5, 5.41) is 20.2. The molecule has 0 aliphatic heterocycles. The zero-order valence-electron chi connectivity index (χ0n) is 10.8. The van der Waals surface area contributed by atoms with E-state index in [1.807, 2.05) is 6.92 Å². The number of carboxylic acid groups (broad SMARTS) is 1. The number of fused-ring (bicyclic) bond motifs is 1. The minimum Gasteiger partial charge on any atom is -0.480 e. The van der Waals surface area contributed by atoms with E-state index in [1.165, 1.54) is 12.1 Å². The first-order valence-electron chi connectivity index (χ1n) is 6.03. The molecule has 7 heteroatoms. The number of hydrogen-bond donors (Lipinski definition) is 1. The fourth-order valence-corrected chi connectivity index (χ4v) is 1.91.